The van der Waals surface area contributed by atoms with Gasteiger partial charge in [-0.05, 0) is 18.2 Å². The number of benzene rings is 1. The van der Waals surface area contributed by atoms with Crippen molar-refractivity contribution in [2.75, 3.05) is 12.4 Å². The van der Waals surface area contributed by atoms with E-state index in [1.807, 2.05) is 42.5 Å². The van der Waals surface area contributed by atoms with E-state index in [1.165, 1.54) is 0 Å². The van der Waals surface area contributed by atoms with Crippen LogP contribution in [0.25, 0.3) is 0 Å². The third-order valence-corrected chi connectivity index (χ3v) is 2.51. The number of nitrogens with two attached hydrogens (primary N) is 1. The maximum Gasteiger partial charge on any atom is 0.218 e. The predicted molar refractivity (Wildman–Crippen MR) is 76.2 cm³/mol. The molecule has 0 saturated heterocycles. The molecule has 0 aliphatic carbocycles. The lowest BCUT2D eigenvalue weighted by atomic mass is 10.3. The Labute approximate surface area is 112 Å². The van der Waals surface area contributed by atoms with Gasteiger partial charge in [0.05, 0.1) is 13.7 Å². The number of aromatic nitrogens is 1. The van der Waals surface area contributed by atoms with Crippen molar-refractivity contribution >= 4 is 11.6 Å². The SMILES string of the molecule is COc1ncccc1CN=C(N)Nc1ccccc1. The lowest BCUT2D eigenvalue weighted by Gasteiger charge is -2.06. The van der Waals surface area contributed by atoms with E-state index in [1.54, 1.807) is 13.3 Å². The molecule has 5 heteroatoms. The highest BCUT2D eigenvalue weighted by molar-refractivity contribution is 5.92. The van der Waals surface area contributed by atoms with Crippen molar-refractivity contribution in [2.45, 2.75) is 6.54 Å². The van der Waals surface area contributed by atoms with E-state index in [2.05, 4.69) is 15.3 Å². The minimum atomic E-state index is 0.358. The van der Waals surface area contributed by atoms with E-state index in [0.29, 0.717) is 18.4 Å². The third kappa shape index (κ3) is 3.70. The molecule has 19 heavy (non-hydrogen) atoms. The van der Waals surface area contributed by atoms with Crippen LogP contribution in [0.4, 0.5) is 5.69 Å². The van der Waals surface area contributed by atoms with Gasteiger partial charge in [-0.3, -0.25) is 0 Å². The summed E-state index contributed by atoms with van der Waals surface area (Å²) < 4.78 is 5.15. The summed E-state index contributed by atoms with van der Waals surface area (Å²) in [4.78, 5) is 8.37. The zero-order valence-electron chi connectivity index (χ0n) is 10.7. The van der Waals surface area contributed by atoms with E-state index in [-0.39, 0.29) is 0 Å². The quantitative estimate of drug-likeness (QED) is 0.648. The molecule has 0 unspecified atom stereocenters. The lowest BCUT2D eigenvalue weighted by molar-refractivity contribution is 0.392. The Balaban J connectivity index is 2.02. The summed E-state index contributed by atoms with van der Waals surface area (Å²) in [5.41, 5.74) is 7.62. The fraction of sp³-hybridized carbons (Fsp3) is 0.143. The molecule has 2 aromatic rings. The Morgan fingerprint density at radius 2 is 2.05 bits per heavy atom. The second-order valence-electron chi connectivity index (χ2n) is 3.86. The van der Waals surface area contributed by atoms with Crippen molar-refractivity contribution in [3.05, 3.63) is 54.2 Å². The first-order chi connectivity index (χ1) is 9.29. The summed E-state index contributed by atoms with van der Waals surface area (Å²) >= 11 is 0. The number of pyridine rings is 1. The number of para-hydroxylation sites is 1. The smallest absolute Gasteiger partial charge is 0.218 e. The normalized spacial score (nSPS) is 11.1. The van der Waals surface area contributed by atoms with Crippen LogP contribution in [0.5, 0.6) is 5.88 Å². The number of nitrogens with zero attached hydrogens (tertiary/aromatic N) is 2. The number of rotatable bonds is 4. The number of aliphatic imine (C=N–C) groups is 1. The molecular weight excluding hydrogens is 240 g/mol. The van der Waals surface area contributed by atoms with E-state index >= 15 is 0 Å². The summed E-state index contributed by atoms with van der Waals surface area (Å²) in [6.45, 7) is 0.419. The van der Waals surface area contributed by atoms with Gasteiger partial charge in [0.15, 0.2) is 5.96 Å². The zero-order valence-corrected chi connectivity index (χ0v) is 10.7. The molecule has 2 rings (SSSR count). The van der Waals surface area contributed by atoms with Crippen molar-refractivity contribution in [2.24, 2.45) is 10.7 Å². The summed E-state index contributed by atoms with van der Waals surface area (Å²) in [6.07, 6.45) is 1.68. The first kappa shape index (κ1) is 12.9. The first-order valence-corrected chi connectivity index (χ1v) is 5.89. The standard InChI is InChI=1S/C14H16N4O/c1-19-13-11(6-5-9-16-13)10-17-14(15)18-12-7-3-2-4-8-12/h2-9H,10H2,1H3,(H3,15,17,18). The molecular formula is C14H16N4O. The van der Waals surface area contributed by atoms with Gasteiger partial charge < -0.3 is 15.8 Å². The molecule has 98 valence electrons. The number of guanidine groups is 1. The van der Waals surface area contributed by atoms with Gasteiger partial charge in [0, 0.05) is 17.4 Å². The molecule has 1 aromatic heterocycles. The predicted octanol–water partition coefficient (Wildman–Crippen LogP) is 2.02. The van der Waals surface area contributed by atoms with Crippen LogP contribution in [0.15, 0.2) is 53.7 Å². The van der Waals surface area contributed by atoms with Crippen molar-refractivity contribution in [1.29, 1.82) is 0 Å². The highest BCUT2D eigenvalue weighted by Gasteiger charge is 2.02. The van der Waals surface area contributed by atoms with Crippen molar-refractivity contribution in [3.8, 4) is 5.88 Å². The van der Waals surface area contributed by atoms with Gasteiger partial charge in [-0.15, -0.1) is 0 Å². The maximum atomic E-state index is 5.82. The van der Waals surface area contributed by atoms with Gasteiger partial charge in [-0.25, -0.2) is 9.98 Å². The maximum absolute atomic E-state index is 5.82. The fourth-order valence-corrected chi connectivity index (χ4v) is 1.61. The molecule has 0 bridgehead atoms. The van der Waals surface area contributed by atoms with Gasteiger partial charge in [0.25, 0.3) is 0 Å². The van der Waals surface area contributed by atoms with E-state index < -0.39 is 0 Å². The van der Waals surface area contributed by atoms with Crippen LogP contribution in [0, 0.1) is 0 Å². The van der Waals surface area contributed by atoms with Crippen LogP contribution >= 0.6 is 0 Å². The molecule has 1 heterocycles. The second-order valence-corrected chi connectivity index (χ2v) is 3.86. The molecule has 0 atom stereocenters. The van der Waals surface area contributed by atoms with Crippen molar-refractivity contribution < 1.29 is 4.74 Å². The Morgan fingerprint density at radius 3 is 2.79 bits per heavy atom. The number of hydrogen-bond donors (Lipinski definition) is 2. The van der Waals surface area contributed by atoms with Gasteiger partial charge in [0.2, 0.25) is 5.88 Å². The summed E-state index contributed by atoms with van der Waals surface area (Å²) in [6, 6.07) is 13.4. The molecule has 5 nitrogen and oxygen atoms in total. The highest BCUT2D eigenvalue weighted by Crippen LogP contribution is 2.14. The van der Waals surface area contributed by atoms with Gasteiger partial charge in [-0.2, -0.15) is 0 Å². The summed E-state index contributed by atoms with van der Waals surface area (Å²) in [5, 5.41) is 3.02. The fourth-order valence-electron chi connectivity index (χ4n) is 1.61. The highest BCUT2D eigenvalue weighted by atomic mass is 16.5. The number of anilines is 1. The Morgan fingerprint density at radius 1 is 1.26 bits per heavy atom. The third-order valence-electron chi connectivity index (χ3n) is 2.51. The number of hydrogen-bond acceptors (Lipinski definition) is 3. The minimum absolute atomic E-state index is 0.358. The van der Waals surface area contributed by atoms with Crippen molar-refractivity contribution in [3.63, 3.8) is 0 Å². The molecule has 0 saturated carbocycles. The van der Waals surface area contributed by atoms with Crippen LogP contribution in [0.1, 0.15) is 5.56 Å². The Kier molecular flexibility index (Phi) is 4.34. The molecule has 0 radical (unpaired) electrons. The second kappa shape index (κ2) is 6.39. The Bertz CT molecular complexity index is 554. The first-order valence-electron chi connectivity index (χ1n) is 5.89. The number of ether oxygens (including phenoxy) is 1. The molecule has 3 N–H and O–H groups in total. The van der Waals surface area contributed by atoms with E-state index in [4.69, 9.17) is 10.5 Å². The molecule has 0 spiro atoms. The number of methoxy groups -OCH3 is 1. The molecule has 0 aliphatic heterocycles. The average molecular weight is 256 g/mol. The molecule has 0 amide bonds. The lowest BCUT2D eigenvalue weighted by Crippen LogP contribution is -2.22. The average Bonchev–Trinajstić information content (AvgIpc) is 2.46. The molecule has 1 aromatic carbocycles. The van der Waals surface area contributed by atoms with E-state index in [0.717, 1.165) is 11.3 Å². The Hall–Kier alpha value is -2.56. The van der Waals surface area contributed by atoms with E-state index in [9.17, 15) is 0 Å². The largest absolute Gasteiger partial charge is 0.481 e. The topological polar surface area (TPSA) is 72.5 Å². The minimum Gasteiger partial charge on any atom is -0.481 e. The van der Waals surface area contributed by atoms with Gasteiger partial charge in [-0.1, -0.05) is 24.3 Å². The van der Waals surface area contributed by atoms with Crippen molar-refractivity contribution in [1.82, 2.24) is 4.98 Å². The summed E-state index contributed by atoms with van der Waals surface area (Å²) in [7, 11) is 1.58. The molecule has 0 fully saturated rings. The van der Waals surface area contributed by atoms with Crippen LogP contribution < -0.4 is 15.8 Å². The number of nitrogens with one attached hydrogen (secondary N) is 1. The monoisotopic (exact) mass is 256 g/mol. The van der Waals surface area contributed by atoms with Gasteiger partial charge >= 0.3 is 0 Å². The molecule has 0 aliphatic rings. The zero-order chi connectivity index (χ0) is 13.5. The van der Waals surface area contributed by atoms with Crippen LogP contribution in [-0.2, 0) is 6.54 Å². The summed E-state index contributed by atoms with van der Waals surface area (Å²) in [5.74, 6) is 0.927. The van der Waals surface area contributed by atoms with Gasteiger partial charge in [0.1, 0.15) is 0 Å². The van der Waals surface area contributed by atoms with Crippen LogP contribution in [0.2, 0.25) is 0 Å². The van der Waals surface area contributed by atoms with Crippen LogP contribution in [-0.4, -0.2) is 18.1 Å². The van der Waals surface area contributed by atoms with Crippen LogP contribution in [0.3, 0.4) is 0 Å².